The molecule has 30 heavy (non-hydrogen) atoms. The summed E-state index contributed by atoms with van der Waals surface area (Å²) in [5.41, 5.74) is 2.36. The highest BCUT2D eigenvalue weighted by Gasteiger charge is 2.27. The first kappa shape index (κ1) is 20.3. The minimum Gasteiger partial charge on any atom is -0.341 e. The van der Waals surface area contributed by atoms with Gasteiger partial charge in [0.1, 0.15) is 12.4 Å². The number of aryl methyl sites for hydroxylation is 3. The lowest BCUT2D eigenvalue weighted by Gasteiger charge is -2.31. The van der Waals surface area contributed by atoms with Gasteiger partial charge in [-0.3, -0.25) is 9.59 Å². The number of carbonyl (C=O) groups excluding carboxylic acids is 1. The lowest BCUT2D eigenvalue weighted by Crippen LogP contribution is -2.41. The first-order valence-electron chi connectivity index (χ1n) is 10.0. The van der Waals surface area contributed by atoms with Crippen molar-refractivity contribution in [2.45, 2.75) is 46.1 Å². The molecule has 3 aromatic heterocycles. The van der Waals surface area contributed by atoms with Crippen LogP contribution in [0, 0.1) is 20.8 Å². The Morgan fingerprint density at radius 1 is 1.13 bits per heavy atom. The van der Waals surface area contributed by atoms with Crippen LogP contribution in [0.4, 0.5) is 0 Å². The van der Waals surface area contributed by atoms with Crippen LogP contribution in [0.25, 0.3) is 10.6 Å². The molecule has 0 unspecified atom stereocenters. The van der Waals surface area contributed by atoms with Crippen LogP contribution >= 0.6 is 11.3 Å². The number of likely N-dealkylation sites (tertiary alicyclic amines) is 1. The topological polar surface area (TPSA) is 93.9 Å². The average Bonchev–Trinajstić information content (AvgIpc) is 3.12. The summed E-state index contributed by atoms with van der Waals surface area (Å²) in [6.45, 7) is 7.00. The number of aromatic nitrogens is 5. The largest absolute Gasteiger partial charge is 0.341 e. The van der Waals surface area contributed by atoms with E-state index in [0.29, 0.717) is 19.0 Å². The van der Waals surface area contributed by atoms with Crippen molar-refractivity contribution in [3.05, 3.63) is 57.0 Å². The fraction of sp³-hybridized carbons (Fsp3) is 0.429. The van der Waals surface area contributed by atoms with Gasteiger partial charge in [0.2, 0.25) is 5.91 Å². The van der Waals surface area contributed by atoms with Crippen LogP contribution in [0.5, 0.6) is 0 Å². The predicted molar refractivity (Wildman–Crippen MR) is 114 cm³/mol. The van der Waals surface area contributed by atoms with Crippen LogP contribution < -0.4 is 5.56 Å². The second-order valence-corrected chi connectivity index (χ2v) is 8.61. The number of hydrogen-bond acceptors (Lipinski definition) is 7. The summed E-state index contributed by atoms with van der Waals surface area (Å²) >= 11 is 1.68. The summed E-state index contributed by atoms with van der Waals surface area (Å²) in [6, 6.07) is 5.02. The third kappa shape index (κ3) is 4.30. The molecule has 8 nitrogen and oxygen atoms in total. The highest BCUT2D eigenvalue weighted by atomic mass is 32.1. The maximum atomic E-state index is 12.6. The molecule has 1 aliphatic heterocycles. The molecule has 0 radical (unpaired) electrons. The standard InChI is InChI=1S/C21H24N6O2S/c1-13-4-5-18(28)27(25-13)12-19(29)26-10-7-16(8-11-26)21-23-14(2)20(30-21)17-6-9-22-15(3)24-17/h4-6,9,16H,7-8,10-12H2,1-3H3. The molecule has 4 rings (SSSR count). The minimum atomic E-state index is -0.255. The van der Waals surface area contributed by atoms with E-state index in [1.165, 1.54) is 10.7 Å². The van der Waals surface area contributed by atoms with Crippen LogP contribution in [-0.4, -0.2) is 48.6 Å². The number of rotatable bonds is 4. The summed E-state index contributed by atoms with van der Waals surface area (Å²) in [5, 5.41) is 5.25. The number of thiazole rings is 1. The molecule has 0 aliphatic carbocycles. The molecule has 9 heteroatoms. The first-order valence-corrected chi connectivity index (χ1v) is 10.8. The predicted octanol–water partition coefficient (Wildman–Crippen LogP) is 2.49. The molecule has 1 fully saturated rings. The molecule has 0 bridgehead atoms. The quantitative estimate of drug-likeness (QED) is 0.639. The van der Waals surface area contributed by atoms with Gasteiger partial charge in [-0.15, -0.1) is 11.3 Å². The minimum absolute atomic E-state index is 0.0151. The molecule has 0 spiro atoms. The van der Waals surface area contributed by atoms with Crippen LogP contribution in [0.1, 0.15) is 41.0 Å². The molecule has 0 aromatic carbocycles. The van der Waals surface area contributed by atoms with Crippen LogP contribution in [0.3, 0.4) is 0 Å². The van der Waals surface area contributed by atoms with E-state index >= 15 is 0 Å². The van der Waals surface area contributed by atoms with Crippen molar-refractivity contribution in [1.82, 2.24) is 29.6 Å². The van der Waals surface area contributed by atoms with Gasteiger partial charge in [-0.2, -0.15) is 5.10 Å². The number of nitrogens with zero attached hydrogens (tertiary/aromatic N) is 6. The highest BCUT2D eigenvalue weighted by Crippen LogP contribution is 2.36. The molecule has 0 N–H and O–H groups in total. The normalized spacial score (nSPS) is 14.8. The van der Waals surface area contributed by atoms with Gasteiger partial charge in [0, 0.05) is 31.3 Å². The first-order chi connectivity index (χ1) is 14.4. The Kier molecular flexibility index (Phi) is 5.72. The number of carbonyl (C=O) groups is 1. The van der Waals surface area contributed by atoms with E-state index in [4.69, 9.17) is 4.98 Å². The molecule has 1 saturated heterocycles. The molecule has 0 atom stereocenters. The van der Waals surface area contributed by atoms with E-state index in [1.807, 2.05) is 24.8 Å². The zero-order valence-corrected chi connectivity index (χ0v) is 18.1. The highest BCUT2D eigenvalue weighted by molar-refractivity contribution is 7.15. The molecule has 156 valence electrons. The Labute approximate surface area is 178 Å². The van der Waals surface area contributed by atoms with Crippen molar-refractivity contribution in [2.24, 2.45) is 0 Å². The lowest BCUT2D eigenvalue weighted by atomic mass is 9.97. The van der Waals surface area contributed by atoms with Gasteiger partial charge in [-0.25, -0.2) is 19.6 Å². The van der Waals surface area contributed by atoms with Crippen molar-refractivity contribution < 1.29 is 4.79 Å². The lowest BCUT2D eigenvalue weighted by molar-refractivity contribution is -0.133. The molecule has 0 saturated carbocycles. The van der Waals surface area contributed by atoms with E-state index in [-0.39, 0.29) is 18.0 Å². The summed E-state index contributed by atoms with van der Waals surface area (Å²) in [7, 11) is 0. The van der Waals surface area contributed by atoms with Crippen LogP contribution in [0.2, 0.25) is 0 Å². The van der Waals surface area contributed by atoms with Crippen LogP contribution in [0.15, 0.2) is 29.2 Å². The van der Waals surface area contributed by atoms with Crippen molar-refractivity contribution in [3.8, 4) is 10.6 Å². The summed E-state index contributed by atoms with van der Waals surface area (Å²) < 4.78 is 1.24. The summed E-state index contributed by atoms with van der Waals surface area (Å²) in [6.07, 6.45) is 3.49. The summed E-state index contributed by atoms with van der Waals surface area (Å²) in [5.74, 6) is 1.01. The number of hydrogen-bond donors (Lipinski definition) is 0. The second kappa shape index (κ2) is 8.43. The van der Waals surface area contributed by atoms with Gasteiger partial charge in [-0.1, -0.05) is 0 Å². The maximum Gasteiger partial charge on any atom is 0.267 e. The van der Waals surface area contributed by atoms with E-state index in [9.17, 15) is 9.59 Å². The Morgan fingerprint density at radius 2 is 1.90 bits per heavy atom. The molecule has 3 aromatic rings. The van der Waals surface area contributed by atoms with Gasteiger partial charge < -0.3 is 4.90 Å². The molecular formula is C21H24N6O2S. The fourth-order valence-corrected chi connectivity index (χ4v) is 4.89. The zero-order valence-electron chi connectivity index (χ0n) is 17.3. The SMILES string of the molecule is Cc1ccc(=O)n(CC(=O)N2CCC(c3nc(C)c(-c4ccnc(C)n4)s3)CC2)n1. The van der Waals surface area contributed by atoms with Gasteiger partial charge >= 0.3 is 0 Å². The van der Waals surface area contributed by atoms with Gasteiger partial charge in [-0.05, 0) is 45.7 Å². The van der Waals surface area contributed by atoms with Gasteiger partial charge in [0.15, 0.2) is 0 Å². The zero-order chi connectivity index (χ0) is 21.3. The van der Waals surface area contributed by atoms with E-state index in [0.717, 1.165) is 45.6 Å². The Balaban J connectivity index is 1.41. The van der Waals surface area contributed by atoms with Crippen molar-refractivity contribution in [2.75, 3.05) is 13.1 Å². The molecule has 1 aliphatic rings. The second-order valence-electron chi connectivity index (χ2n) is 7.58. The molecular weight excluding hydrogens is 400 g/mol. The third-order valence-electron chi connectivity index (χ3n) is 5.30. The third-order valence-corrected chi connectivity index (χ3v) is 6.65. The Hall–Kier alpha value is -2.94. The molecule has 1 amide bonds. The monoisotopic (exact) mass is 424 g/mol. The van der Waals surface area contributed by atoms with Crippen molar-refractivity contribution in [3.63, 3.8) is 0 Å². The Morgan fingerprint density at radius 3 is 2.63 bits per heavy atom. The van der Waals surface area contributed by atoms with Gasteiger partial charge in [0.25, 0.3) is 5.56 Å². The number of amides is 1. The Bertz CT molecular complexity index is 1130. The maximum absolute atomic E-state index is 12.6. The summed E-state index contributed by atoms with van der Waals surface area (Å²) in [4.78, 5) is 41.0. The average molecular weight is 425 g/mol. The van der Waals surface area contributed by atoms with E-state index < -0.39 is 0 Å². The fourth-order valence-electron chi connectivity index (χ4n) is 3.68. The number of piperidine rings is 1. The van der Waals surface area contributed by atoms with E-state index in [1.54, 1.807) is 30.5 Å². The van der Waals surface area contributed by atoms with Crippen LogP contribution in [-0.2, 0) is 11.3 Å². The van der Waals surface area contributed by atoms with Gasteiger partial charge in [0.05, 0.1) is 27.0 Å². The van der Waals surface area contributed by atoms with Crippen molar-refractivity contribution >= 4 is 17.2 Å². The smallest absolute Gasteiger partial charge is 0.267 e. The van der Waals surface area contributed by atoms with E-state index in [2.05, 4.69) is 15.1 Å². The van der Waals surface area contributed by atoms with Crippen molar-refractivity contribution in [1.29, 1.82) is 0 Å². The molecule has 4 heterocycles.